The Morgan fingerprint density at radius 3 is 3.13 bits per heavy atom. The number of aromatic amines is 1. The zero-order valence-electron chi connectivity index (χ0n) is 8.70. The lowest BCUT2D eigenvalue weighted by Gasteiger charge is -2.00. The first-order valence-electron chi connectivity index (χ1n) is 4.83. The van der Waals surface area contributed by atoms with Crippen molar-refractivity contribution in [3.8, 4) is 0 Å². The number of ether oxygens (including phenoxy) is 1. The van der Waals surface area contributed by atoms with E-state index in [-0.39, 0.29) is 5.97 Å². The highest BCUT2D eigenvalue weighted by atomic mass is 16.5. The van der Waals surface area contributed by atoms with Gasteiger partial charge >= 0.3 is 5.97 Å². The van der Waals surface area contributed by atoms with Crippen LogP contribution in [0.2, 0.25) is 0 Å². The summed E-state index contributed by atoms with van der Waals surface area (Å²) in [7, 11) is 0. The summed E-state index contributed by atoms with van der Waals surface area (Å²) >= 11 is 0. The van der Waals surface area contributed by atoms with E-state index >= 15 is 0 Å². The zero-order chi connectivity index (χ0) is 10.8. The lowest BCUT2D eigenvalue weighted by molar-refractivity contribution is 0.0528. The van der Waals surface area contributed by atoms with Gasteiger partial charge in [-0.3, -0.25) is 4.98 Å². The minimum Gasteiger partial charge on any atom is -0.462 e. The quantitative estimate of drug-likeness (QED) is 0.761. The topological polar surface area (TPSA) is 55.0 Å². The number of H-pyrrole nitrogens is 1. The number of carbonyl (C=O) groups is 1. The average molecular weight is 204 g/mol. The summed E-state index contributed by atoms with van der Waals surface area (Å²) in [6.07, 6.45) is 3.36. The van der Waals surface area contributed by atoms with Crippen molar-refractivity contribution in [2.75, 3.05) is 6.61 Å². The second-order valence-electron chi connectivity index (χ2n) is 3.27. The molecular weight excluding hydrogens is 192 g/mol. The molecule has 2 aromatic heterocycles. The van der Waals surface area contributed by atoms with Gasteiger partial charge in [0.1, 0.15) is 0 Å². The van der Waals surface area contributed by atoms with Crippen LogP contribution >= 0.6 is 0 Å². The lowest BCUT2D eigenvalue weighted by atomic mass is 10.2. The highest BCUT2D eigenvalue weighted by Gasteiger charge is 2.16. The van der Waals surface area contributed by atoms with Gasteiger partial charge in [0.15, 0.2) is 0 Å². The molecule has 2 aromatic rings. The average Bonchev–Trinajstić information content (AvgIpc) is 2.54. The highest BCUT2D eigenvalue weighted by molar-refractivity contribution is 6.05. The van der Waals surface area contributed by atoms with Crippen LogP contribution in [0.1, 0.15) is 23.0 Å². The Kier molecular flexibility index (Phi) is 2.41. The number of hydrogen-bond acceptors (Lipinski definition) is 3. The number of hydrogen-bond donors (Lipinski definition) is 1. The molecule has 0 saturated carbocycles. The molecule has 78 valence electrons. The molecule has 0 fully saturated rings. The third-order valence-corrected chi connectivity index (χ3v) is 2.27. The molecule has 0 bridgehead atoms. The Bertz CT molecular complexity index is 502. The Morgan fingerprint density at radius 1 is 1.60 bits per heavy atom. The van der Waals surface area contributed by atoms with Crippen molar-refractivity contribution in [2.24, 2.45) is 0 Å². The summed E-state index contributed by atoms with van der Waals surface area (Å²) in [6.45, 7) is 4.03. The molecule has 0 aliphatic carbocycles. The van der Waals surface area contributed by atoms with Crippen molar-refractivity contribution in [1.29, 1.82) is 0 Å². The molecule has 0 spiro atoms. The Hall–Kier alpha value is -1.84. The van der Waals surface area contributed by atoms with Gasteiger partial charge in [0.25, 0.3) is 0 Å². The largest absolute Gasteiger partial charge is 0.462 e. The maximum atomic E-state index is 11.7. The number of carbonyl (C=O) groups excluding carboxylic acids is 1. The fourth-order valence-corrected chi connectivity index (χ4v) is 1.64. The monoisotopic (exact) mass is 204 g/mol. The predicted molar refractivity (Wildman–Crippen MR) is 56.8 cm³/mol. The van der Waals surface area contributed by atoms with E-state index in [1.54, 1.807) is 19.3 Å². The summed E-state index contributed by atoms with van der Waals surface area (Å²) in [5.74, 6) is -0.285. The van der Waals surface area contributed by atoms with Crippen molar-refractivity contribution < 1.29 is 9.53 Å². The van der Waals surface area contributed by atoms with Gasteiger partial charge in [-0.25, -0.2) is 4.79 Å². The van der Waals surface area contributed by atoms with Gasteiger partial charge in [-0.15, -0.1) is 0 Å². The van der Waals surface area contributed by atoms with Crippen molar-refractivity contribution in [2.45, 2.75) is 13.8 Å². The second kappa shape index (κ2) is 3.73. The summed E-state index contributed by atoms with van der Waals surface area (Å²) in [6, 6.07) is 1.81. The molecule has 0 unspecified atom stereocenters. The van der Waals surface area contributed by atoms with Crippen LogP contribution in [-0.2, 0) is 4.74 Å². The number of nitrogens with zero attached hydrogens (tertiary/aromatic N) is 1. The van der Waals surface area contributed by atoms with Crippen LogP contribution in [0.25, 0.3) is 10.9 Å². The fraction of sp³-hybridized carbons (Fsp3) is 0.273. The maximum Gasteiger partial charge on any atom is 0.340 e. The van der Waals surface area contributed by atoms with Crippen molar-refractivity contribution in [3.05, 3.63) is 29.7 Å². The van der Waals surface area contributed by atoms with Crippen LogP contribution in [0.3, 0.4) is 0 Å². The number of aromatic nitrogens is 2. The third-order valence-electron chi connectivity index (χ3n) is 2.27. The maximum absolute atomic E-state index is 11.7. The van der Waals surface area contributed by atoms with E-state index in [1.165, 1.54) is 0 Å². The molecule has 0 saturated heterocycles. The van der Waals surface area contributed by atoms with Gasteiger partial charge < -0.3 is 9.72 Å². The van der Waals surface area contributed by atoms with Crippen LogP contribution in [0.4, 0.5) is 0 Å². The molecule has 0 aliphatic rings. The van der Waals surface area contributed by atoms with E-state index in [0.29, 0.717) is 12.2 Å². The molecule has 0 aromatic carbocycles. The second-order valence-corrected chi connectivity index (χ2v) is 3.27. The minimum atomic E-state index is -0.285. The normalized spacial score (nSPS) is 10.5. The van der Waals surface area contributed by atoms with Gasteiger partial charge in [0, 0.05) is 17.3 Å². The molecule has 15 heavy (non-hydrogen) atoms. The number of aryl methyl sites for hydroxylation is 1. The van der Waals surface area contributed by atoms with Crippen LogP contribution < -0.4 is 0 Å². The Morgan fingerprint density at radius 2 is 2.40 bits per heavy atom. The summed E-state index contributed by atoms with van der Waals surface area (Å²) in [5.41, 5.74) is 2.28. The minimum absolute atomic E-state index is 0.285. The van der Waals surface area contributed by atoms with E-state index in [4.69, 9.17) is 4.74 Å². The van der Waals surface area contributed by atoms with Gasteiger partial charge in [-0.05, 0) is 19.9 Å². The van der Waals surface area contributed by atoms with Gasteiger partial charge in [0.05, 0.1) is 23.9 Å². The van der Waals surface area contributed by atoms with Crippen LogP contribution in [0.5, 0.6) is 0 Å². The van der Waals surface area contributed by atoms with E-state index in [2.05, 4.69) is 9.97 Å². The number of esters is 1. The molecule has 0 amide bonds. The molecule has 0 aliphatic heterocycles. The van der Waals surface area contributed by atoms with E-state index in [9.17, 15) is 4.79 Å². The smallest absolute Gasteiger partial charge is 0.340 e. The van der Waals surface area contributed by atoms with Crippen molar-refractivity contribution in [3.63, 3.8) is 0 Å². The lowest BCUT2D eigenvalue weighted by Crippen LogP contribution is -2.05. The number of rotatable bonds is 2. The zero-order valence-corrected chi connectivity index (χ0v) is 8.70. The molecule has 4 heteroatoms. The van der Waals surface area contributed by atoms with E-state index in [1.807, 2.05) is 13.0 Å². The Balaban J connectivity index is 2.58. The molecule has 0 atom stereocenters. The molecule has 2 rings (SSSR count). The van der Waals surface area contributed by atoms with Crippen LogP contribution in [0, 0.1) is 6.92 Å². The van der Waals surface area contributed by atoms with Crippen LogP contribution in [-0.4, -0.2) is 22.5 Å². The molecule has 0 radical (unpaired) electrons. The standard InChI is InChI=1S/C11H12N2O2/c1-3-15-11(14)10-7(2)13-9-6-12-5-4-8(9)10/h4-6,13H,3H2,1-2H3. The SMILES string of the molecule is CCOC(=O)c1c(C)[nH]c2cnccc12. The third kappa shape index (κ3) is 1.58. The molecule has 4 nitrogen and oxygen atoms in total. The van der Waals surface area contributed by atoms with Crippen molar-refractivity contribution in [1.82, 2.24) is 9.97 Å². The summed E-state index contributed by atoms with van der Waals surface area (Å²) in [5, 5.41) is 0.862. The fourth-order valence-electron chi connectivity index (χ4n) is 1.64. The number of nitrogens with one attached hydrogen (secondary N) is 1. The first-order chi connectivity index (χ1) is 7.24. The number of fused-ring (bicyclic) bond motifs is 1. The first kappa shape index (κ1) is 9.71. The van der Waals surface area contributed by atoms with E-state index in [0.717, 1.165) is 16.6 Å². The van der Waals surface area contributed by atoms with Crippen LogP contribution in [0.15, 0.2) is 18.5 Å². The number of pyridine rings is 1. The first-order valence-corrected chi connectivity index (χ1v) is 4.83. The van der Waals surface area contributed by atoms with Crippen molar-refractivity contribution >= 4 is 16.9 Å². The molecular formula is C11H12N2O2. The predicted octanol–water partition coefficient (Wildman–Crippen LogP) is 2.05. The highest BCUT2D eigenvalue weighted by Crippen LogP contribution is 2.21. The summed E-state index contributed by atoms with van der Waals surface area (Å²) < 4.78 is 5.00. The molecule has 2 heterocycles. The summed E-state index contributed by atoms with van der Waals surface area (Å²) in [4.78, 5) is 18.8. The van der Waals surface area contributed by atoms with Gasteiger partial charge in [-0.2, -0.15) is 0 Å². The molecule has 1 N–H and O–H groups in total. The van der Waals surface area contributed by atoms with Gasteiger partial charge in [0.2, 0.25) is 0 Å². The van der Waals surface area contributed by atoms with E-state index < -0.39 is 0 Å². The Labute approximate surface area is 87.3 Å². The van der Waals surface area contributed by atoms with Gasteiger partial charge in [-0.1, -0.05) is 0 Å².